The summed E-state index contributed by atoms with van der Waals surface area (Å²) in [7, 11) is 0. The molecule has 0 aromatic rings. The van der Waals surface area contributed by atoms with Crippen molar-refractivity contribution in [2.45, 2.75) is 50.9 Å². The van der Waals surface area contributed by atoms with Crippen molar-refractivity contribution >= 4 is 35.6 Å². The Hall–Kier alpha value is -3.26. The average molecular weight is 434 g/mol. The first kappa shape index (κ1) is 26.7. The number of carboxylic acid groups (broad SMARTS) is 3. The Morgan fingerprint density at radius 2 is 1.23 bits per heavy atom. The van der Waals surface area contributed by atoms with Crippen LogP contribution in [0.3, 0.4) is 0 Å². The normalized spacial score (nSPS) is 14.7. The van der Waals surface area contributed by atoms with Crippen molar-refractivity contribution in [2.75, 3.05) is 6.61 Å². The standard InChI is InChI=1S/C16H26N4O10/c1-6(2)12(20-13(26)7(17)5-21)15(28)18-8(3-10(22)23)14(27)19-9(16(29)30)4-11(24)25/h6-9,12,21H,3-5,17H2,1-2H3,(H,18,28)(H,19,27)(H,20,26)(H,22,23)(H,24,25)(H,29,30). The first-order valence-electron chi connectivity index (χ1n) is 8.74. The number of nitrogens with two attached hydrogens (primary N) is 1. The second-order valence-electron chi connectivity index (χ2n) is 6.68. The molecule has 0 aromatic heterocycles. The van der Waals surface area contributed by atoms with E-state index < -0.39 is 85.2 Å². The highest BCUT2D eigenvalue weighted by Crippen LogP contribution is 2.05. The number of carboxylic acids is 3. The summed E-state index contributed by atoms with van der Waals surface area (Å²) in [5.74, 6) is -8.30. The monoisotopic (exact) mass is 434 g/mol. The zero-order valence-electron chi connectivity index (χ0n) is 16.3. The Morgan fingerprint density at radius 3 is 1.63 bits per heavy atom. The van der Waals surface area contributed by atoms with Gasteiger partial charge in [-0.1, -0.05) is 13.8 Å². The van der Waals surface area contributed by atoms with Crippen molar-refractivity contribution in [1.82, 2.24) is 16.0 Å². The zero-order chi connectivity index (χ0) is 23.6. The van der Waals surface area contributed by atoms with Gasteiger partial charge in [0.15, 0.2) is 0 Å². The lowest BCUT2D eigenvalue weighted by molar-refractivity contribution is -0.148. The van der Waals surface area contributed by atoms with E-state index in [1.165, 1.54) is 13.8 Å². The maximum atomic E-state index is 12.5. The van der Waals surface area contributed by atoms with Gasteiger partial charge in [-0.25, -0.2) is 4.79 Å². The van der Waals surface area contributed by atoms with E-state index in [1.807, 2.05) is 5.32 Å². The Bertz CT molecular complexity index is 681. The van der Waals surface area contributed by atoms with Gasteiger partial charge in [0.1, 0.15) is 24.2 Å². The van der Waals surface area contributed by atoms with Gasteiger partial charge in [0.05, 0.1) is 19.4 Å². The third-order valence-electron chi connectivity index (χ3n) is 3.79. The van der Waals surface area contributed by atoms with Crippen molar-refractivity contribution in [2.24, 2.45) is 11.7 Å². The molecule has 4 unspecified atom stereocenters. The topological polar surface area (TPSA) is 245 Å². The molecule has 0 aromatic carbocycles. The van der Waals surface area contributed by atoms with Crippen LogP contribution in [0.5, 0.6) is 0 Å². The van der Waals surface area contributed by atoms with Gasteiger partial charge in [-0.15, -0.1) is 0 Å². The number of carbonyl (C=O) groups is 6. The Morgan fingerprint density at radius 1 is 0.767 bits per heavy atom. The van der Waals surface area contributed by atoms with Gasteiger partial charge in [-0.2, -0.15) is 0 Å². The van der Waals surface area contributed by atoms with Crippen LogP contribution in [0, 0.1) is 5.92 Å². The van der Waals surface area contributed by atoms with E-state index in [1.54, 1.807) is 0 Å². The van der Waals surface area contributed by atoms with Crippen molar-refractivity contribution in [1.29, 1.82) is 0 Å². The molecule has 9 N–H and O–H groups in total. The summed E-state index contributed by atoms with van der Waals surface area (Å²) in [4.78, 5) is 69.5. The van der Waals surface area contributed by atoms with Gasteiger partial charge in [0.2, 0.25) is 17.7 Å². The molecule has 0 radical (unpaired) electrons. The maximum Gasteiger partial charge on any atom is 0.326 e. The van der Waals surface area contributed by atoms with Gasteiger partial charge in [-0.3, -0.25) is 24.0 Å². The molecular formula is C16H26N4O10. The third kappa shape index (κ3) is 9.29. The quantitative estimate of drug-likeness (QED) is 0.141. The van der Waals surface area contributed by atoms with Crippen LogP contribution >= 0.6 is 0 Å². The van der Waals surface area contributed by atoms with Crippen LogP contribution < -0.4 is 21.7 Å². The fourth-order valence-corrected chi connectivity index (χ4v) is 2.17. The lowest BCUT2D eigenvalue weighted by atomic mass is 10.0. The summed E-state index contributed by atoms with van der Waals surface area (Å²) in [5, 5.41) is 41.8. The van der Waals surface area contributed by atoms with Gasteiger partial charge < -0.3 is 42.1 Å². The number of amides is 3. The van der Waals surface area contributed by atoms with Crippen LogP contribution in [0.2, 0.25) is 0 Å². The Balaban J connectivity index is 5.45. The highest BCUT2D eigenvalue weighted by atomic mass is 16.4. The lowest BCUT2D eigenvalue weighted by Crippen LogP contribution is -2.59. The van der Waals surface area contributed by atoms with Crippen LogP contribution in [-0.4, -0.2) is 86.8 Å². The molecule has 170 valence electrons. The van der Waals surface area contributed by atoms with Gasteiger partial charge >= 0.3 is 17.9 Å². The molecule has 30 heavy (non-hydrogen) atoms. The van der Waals surface area contributed by atoms with E-state index in [-0.39, 0.29) is 0 Å². The molecule has 14 nitrogen and oxygen atoms in total. The number of hydrogen-bond donors (Lipinski definition) is 8. The van der Waals surface area contributed by atoms with Crippen LogP contribution in [0.15, 0.2) is 0 Å². The molecule has 0 saturated heterocycles. The number of hydrogen-bond acceptors (Lipinski definition) is 8. The molecule has 4 atom stereocenters. The number of aliphatic hydroxyl groups excluding tert-OH is 1. The molecule has 0 heterocycles. The van der Waals surface area contributed by atoms with Crippen LogP contribution in [0.25, 0.3) is 0 Å². The number of carbonyl (C=O) groups excluding carboxylic acids is 3. The van der Waals surface area contributed by atoms with Crippen LogP contribution in [-0.2, 0) is 28.8 Å². The average Bonchev–Trinajstić information content (AvgIpc) is 2.62. The minimum atomic E-state index is -1.86. The molecule has 0 rings (SSSR count). The maximum absolute atomic E-state index is 12.5. The number of rotatable bonds is 13. The Kier molecular flexibility index (Phi) is 11.0. The van der Waals surface area contributed by atoms with Crippen molar-refractivity contribution in [3.8, 4) is 0 Å². The highest BCUT2D eigenvalue weighted by molar-refractivity contribution is 5.96. The molecule has 14 heteroatoms. The SMILES string of the molecule is CC(C)C(NC(=O)C(N)CO)C(=O)NC(CC(=O)O)C(=O)NC(CC(=O)O)C(=O)O. The summed E-state index contributed by atoms with van der Waals surface area (Å²) < 4.78 is 0. The Labute approximate surface area is 170 Å². The predicted octanol–water partition coefficient (Wildman–Crippen LogP) is -3.55. The molecule has 0 bridgehead atoms. The van der Waals surface area contributed by atoms with Crippen LogP contribution in [0.4, 0.5) is 0 Å². The van der Waals surface area contributed by atoms with Gasteiger partial charge in [0.25, 0.3) is 0 Å². The zero-order valence-corrected chi connectivity index (χ0v) is 16.3. The first-order chi connectivity index (χ1) is 13.8. The number of aliphatic carboxylic acids is 3. The third-order valence-corrected chi connectivity index (χ3v) is 3.79. The predicted molar refractivity (Wildman–Crippen MR) is 97.8 cm³/mol. The lowest BCUT2D eigenvalue weighted by Gasteiger charge is -2.26. The summed E-state index contributed by atoms with van der Waals surface area (Å²) in [6, 6.07) is -6.18. The number of aliphatic hydroxyl groups is 1. The van der Waals surface area contributed by atoms with Crippen LogP contribution in [0.1, 0.15) is 26.7 Å². The molecular weight excluding hydrogens is 408 g/mol. The smallest absolute Gasteiger partial charge is 0.326 e. The fraction of sp³-hybridized carbons (Fsp3) is 0.625. The van der Waals surface area contributed by atoms with E-state index in [0.717, 1.165) is 0 Å². The van der Waals surface area contributed by atoms with Crippen molar-refractivity contribution < 1.29 is 49.2 Å². The molecule has 0 saturated carbocycles. The molecule has 0 spiro atoms. The second kappa shape index (κ2) is 12.3. The van der Waals surface area contributed by atoms with Gasteiger partial charge in [0, 0.05) is 0 Å². The number of nitrogens with one attached hydrogen (secondary N) is 3. The second-order valence-corrected chi connectivity index (χ2v) is 6.68. The van der Waals surface area contributed by atoms with E-state index in [9.17, 15) is 28.8 Å². The summed E-state index contributed by atoms with van der Waals surface area (Å²) in [6.45, 7) is 2.38. The van der Waals surface area contributed by atoms with Crippen molar-refractivity contribution in [3.05, 3.63) is 0 Å². The molecule has 0 aliphatic rings. The van der Waals surface area contributed by atoms with E-state index in [0.29, 0.717) is 0 Å². The molecule has 0 fully saturated rings. The van der Waals surface area contributed by atoms with E-state index in [4.69, 9.17) is 26.2 Å². The largest absolute Gasteiger partial charge is 0.481 e. The summed E-state index contributed by atoms with van der Waals surface area (Å²) >= 11 is 0. The molecule has 3 amide bonds. The van der Waals surface area contributed by atoms with E-state index >= 15 is 0 Å². The fourth-order valence-electron chi connectivity index (χ4n) is 2.17. The minimum absolute atomic E-state index is 0.535. The summed E-state index contributed by atoms with van der Waals surface area (Å²) in [6.07, 6.45) is -1.91. The van der Waals surface area contributed by atoms with Gasteiger partial charge in [-0.05, 0) is 5.92 Å². The first-order valence-corrected chi connectivity index (χ1v) is 8.74. The minimum Gasteiger partial charge on any atom is -0.481 e. The molecule has 0 aliphatic heterocycles. The van der Waals surface area contributed by atoms with Crippen molar-refractivity contribution in [3.63, 3.8) is 0 Å². The molecule has 0 aliphatic carbocycles. The summed E-state index contributed by atoms with van der Waals surface area (Å²) in [5.41, 5.74) is 5.36. The van der Waals surface area contributed by atoms with E-state index in [2.05, 4.69) is 10.6 Å². The highest BCUT2D eigenvalue weighted by Gasteiger charge is 2.33.